The molecule has 0 aromatic heterocycles. The van der Waals surface area contributed by atoms with E-state index in [1.54, 1.807) is 0 Å². The van der Waals surface area contributed by atoms with Gasteiger partial charge in [-0.2, -0.15) is 0 Å². The van der Waals surface area contributed by atoms with Crippen molar-refractivity contribution in [2.24, 2.45) is 5.92 Å². The standard InChI is InChI=1S/C14H28N4O3S/c1-22(20,21)16-11-13-3-2-7-17(12-13)8-4-14(19)18-9-5-15-6-10-18/h13,15-16H,2-12H2,1H3. The maximum atomic E-state index is 12.2. The molecular formula is C14H28N4O3S. The van der Waals surface area contributed by atoms with Crippen molar-refractivity contribution in [1.29, 1.82) is 0 Å². The third-order valence-electron chi connectivity index (χ3n) is 4.35. The van der Waals surface area contributed by atoms with E-state index in [1.807, 2.05) is 4.90 Å². The molecule has 2 aliphatic heterocycles. The molecular weight excluding hydrogens is 304 g/mol. The molecule has 0 spiro atoms. The first-order valence-corrected chi connectivity index (χ1v) is 9.98. The SMILES string of the molecule is CS(=O)(=O)NCC1CCCN(CCC(=O)N2CCNCC2)C1. The molecule has 2 rings (SSSR count). The number of carbonyl (C=O) groups is 1. The summed E-state index contributed by atoms with van der Waals surface area (Å²) in [6, 6.07) is 0. The van der Waals surface area contributed by atoms with Gasteiger partial charge in [0.2, 0.25) is 15.9 Å². The average Bonchev–Trinajstić information content (AvgIpc) is 2.51. The maximum Gasteiger partial charge on any atom is 0.223 e. The van der Waals surface area contributed by atoms with Gasteiger partial charge in [-0.1, -0.05) is 0 Å². The number of piperazine rings is 1. The summed E-state index contributed by atoms with van der Waals surface area (Å²) in [5.74, 6) is 0.579. The van der Waals surface area contributed by atoms with Gasteiger partial charge in [-0.25, -0.2) is 13.1 Å². The van der Waals surface area contributed by atoms with Crippen molar-refractivity contribution in [3.8, 4) is 0 Å². The van der Waals surface area contributed by atoms with E-state index in [2.05, 4.69) is 14.9 Å². The van der Waals surface area contributed by atoms with Gasteiger partial charge < -0.3 is 15.1 Å². The zero-order valence-electron chi connectivity index (χ0n) is 13.4. The summed E-state index contributed by atoms with van der Waals surface area (Å²) in [4.78, 5) is 16.4. The van der Waals surface area contributed by atoms with Gasteiger partial charge in [0.15, 0.2) is 0 Å². The van der Waals surface area contributed by atoms with Crippen LogP contribution in [0.5, 0.6) is 0 Å². The van der Waals surface area contributed by atoms with Gasteiger partial charge in [0, 0.05) is 52.2 Å². The number of piperidine rings is 1. The summed E-state index contributed by atoms with van der Waals surface area (Å²) in [5.41, 5.74) is 0. The lowest BCUT2D eigenvalue weighted by molar-refractivity contribution is -0.132. The van der Waals surface area contributed by atoms with Crippen LogP contribution in [0.4, 0.5) is 0 Å². The average molecular weight is 332 g/mol. The Hall–Kier alpha value is -0.700. The van der Waals surface area contributed by atoms with Gasteiger partial charge in [0.05, 0.1) is 6.26 Å². The maximum absolute atomic E-state index is 12.2. The second kappa shape index (κ2) is 8.24. The fourth-order valence-corrected chi connectivity index (χ4v) is 3.65. The number of likely N-dealkylation sites (tertiary alicyclic amines) is 1. The quantitative estimate of drug-likeness (QED) is 0.657. The number of hydrogen-bond acceptors (Lipinski definition) is 5. The molecule has 1 amide bonds. The minimum atomic E-state index is -3.12. The molecule has 2 N–H and O–H groups in total. The van der Waals surface area contributed by atoms with Crippen LogP contribution in [0, 0.1) is 5.92 Å². The van der Waals surface area contributed by atoms with Crippen molar-refractivity contribution in [3.63, 3.8) is 0 Å². The van der Waals surface area contributed by atoms with Crippen LogP contribution in [0.1, 0.15) is 19.3 Å². The van der Waals surface area contributed by atoms with E-state index in [4.69, 9.17) is 0 Å². The van der Waals surface area contributed by atoms with Gasteiger partial charge in [-0.05, 0) is 25.3 Å². The molecule has 8 heteroatoms. The number of amides is 1. The Bertz CT molecular complexity index is 463. The smallest absolute Gasteiger partial charge is 0.223 e. The Morgan fingerprint density at radius 2 is 2.00 bits per heavy atom. The minimum Gasteiger partial charge on any atom is -0.340 e. The van der Waals surface area contributed by atoms with E-state index >= 15 is 0 Å². The summed E-state index contributed by atoms with van der Waals surface area (Å²) in [6.07, 6.45) is 3.87. The fraction of sp³-hybridized carbons (Fsp3) is 0.929. The molecule has 1 unspecified atom stereocenters. The zero-order valence-corrected chi connectivity index (χ0v) is 14.2. The number of sulfonamides is 1. The van der Waals surface area contributed by atoms with E-state index in [0.29, 0.717) is 18.9 Å². The van der Waals surface area contributed by atoms with Gasteiger partial charge >= 0.3 is 0 Å². The molecule has 2 fully saturated rings. The monoisotopic (exact) mass is 332 g/mol. The molecule has 0 bridgehead atoms. The summed E-state index contributed by atoms with van der Waals surface area (Å²) in [7, 11) is -3.12. The highest BCUT2D eigenvalue weighted by Crippen LogP contribution is 2.16. The first-order valence-electron chi connectivity index (χ1n) is 8.09. The van der Waals surface area contributed by atoms with Crippen molar-refractivity contribution in [2.45, 2.75) is 19.3 Å². The van der Waals surface area contributed by atoms with Gasteiger partial charge in [0.25, 0.3) is 0 Å². The Kier molecular flexibility index (Phi) is 6.61. The zero-order chi connectivity index (χ0) is 16.0. The Morgan fingerprint density at radius 3 is 2.68 bits per heavy atom. The van der Waals surface area contributed by atoms with Crippen LogP contribution >= 0.6 is 0 Å². The number of rotatable bonds is 6. The van der Waals surface area contributed by atoms with E-state index in [-0.39, 0.29) is 5.91 Å². The lowest BCUT2D eigenvalue weighted by Crippen LogP contribution is -2.47. The van der Waals surface area contributed by atoms with Crippen molar-refractivity contribution < 1.29 is 13.2 Å². The molecule has 7 nitrogen and oxygen atoms in total. The molecule has 2 saturated heterocycles. The molecule has 0 aromatic carbocycles. The highest BCUT2D eigenvalue weighted by molar-refractivity contribution is 7.88. The van der Waals surface area contributed by atoms with Crippen LogP contribution in [0.15, 0.2) is 0 Å². The lowest BCUT2D eigenvalue weighted by Gasteiger charge is -2.33. The molecule has 1 atom stereocenters. The second-order valence-electron chi connectivity index (χ2n) is 6.31. The van der Waals surface area contributed by atoms with Crippen LogP contribution in [-0.2, 0) is 14.8 Å². The van der Waals surface area contributed by atoms with Crippen LogP contribution in [0.3, 0.4) is 0 Å². The molecule has 2 aliphatic rings. The first-order chi connectivity index (χ1) is 10.4. The van der Waals surface area contributed by atoms with E-state index < -0.39 is 10.0 Å². The van der Waals surface area contributed by atoms with E-state index in [9.17, 15) is 13.2 Å². The number of hydrogen-bond donors (Lipinski definition) is 2. The molecule has 2 heterocycles. The summed E-state index contributed by atoms with van der Waals surface area (Å²) < 4.78 is 24.9. The van der Waals surface area contributed by atoms with E-state index in [1.165, 1.54) is 6.26 Å². The molecule has 0 radical (unpaired) electrons. The van der Waals surface area contributed by atoms with Crippen LogP contribution in [0.2, 0.25) is 0 Å². The van der Waals surface area contributed by atoms with Gasteiger partial charge in [0.1, 0.15) is 0 Å². The summed E-state index contributed by atoms with van der Waals surface area (Å²) in [5, 5.41) is 3.25. The number of carbonyl (C=O) groups excluding carboxylic acids is 1. The van der Waals surface area contributed by atoms with Crippen LogP contribution < -0.4 is 10.0 Å². The van der Waals surface area contributed by atoms with E-state index in [0.717, 1.165) is 58.7 Å². The minimum absolute atomic E-state index is 0.234. The van der Waals surface area contributed by atoms with Gasteiger partial charge in [-0.15, -0.1) is 0 Å². The van der Waals surface area contributed by atoms with Crippen LogP contribution in [-0.4, -0.2) is 82.7 Å². The highest BCUT2D eigenvalue weighted by atomic mass is 32.2. The number of nitrogens with zero attached hydrogens (tertiary/aromatic N) is 2. The predicted octanol–water partition coefficient (Wildman–Crippen LogP) is -0.930. The van der Waals surface area contributed by atoms with Crippen molar-refractivity contribution in [3.05, 3.63) is 0 Å². The van der Waals surface area contributed by atoms with Gasteiger partial charge in [-0.3, -0.25) is 4.79 Å². The second-order valence-corrected chi connectivity index (χ2v) is 8.14. The van der Waals surface area contributed by atoms with Crippen molar-refractivity contribution in [2.75, 3.05) is 58.6 Å². The topological polar surface area (TPSA) is 81.8 Å². The molecule has 0 saturated carbocycles. The normalized spacial score (nSPS) is 24.4. The summed E-state index contributed by atoms with van der Waals surface area (Å²) in [6.45, 7) is 6.53. The van der Waals surface area contributed by atoms with Crippen molar-refractivity contribution in [1.82, 2.24) is 19.8 Å². The van der Waals surface area contributed by atoms with Crippen molar-refractivity contribution >= 4 is 15.9 Å². The van der Waals surface area contributed by atoms with Crippen LogP contribution in [0.25, 0.3) is 0 Å². The largest absolute Gasteiger partial charge is 0.340 e. The predicted molar refractivity (Wildman–Crippen MR) is 86.1 cm³/mol. The first kappa shape index (κ1) is 17.7. The highest BCUT2D eigenvalue weighted by Gasteiger charge is 2.22. The molecule has 22 heavy (non-hydrogen) atoms. The summed E-state index contributed by atoms with van der Waals surface area (Å²) >= 11 is 0. The Balaban J connectivity index is 1.69. The third-order valence-corrected chi connectivity index (χ3v) is 5.04. The fourth-order valence-electron chi connectivity index (χ4n) is 3.12. The lowest BCUT2D eigenvalue weighted by atomic mass is 9.98. The Morgan fingerprint density at radius 1 is 1.27 bits per heavy atom. The Labute approximate surface area is 133 Å². The molecule has 0 aromatic rings. The molecule has 0 aliphatic carbocycles. The number of nitrogens with one attached hydrogen (secondary N) is 2. The molecule has 128 valence electrons. The third kappa shape index (κ3) is 6.20.